The van der Waals surface area contributed by atoms with Gasteiger partial charge in [-0.1, -0.05) is 12.1 Å². The van der Waals surface area contributed by atoms with Crippen molar-refractivity contribution >= 4 is 39.1 Å². The van der Waals surface area contributed by atoms with Crippen LogP contribution in [0.15, 0.2) is 46.9 Å². The van der Waals surface area contributed by atoms with Gasteiger partial charge in [-0.25, -0.2) is 0 Å². The standard InChI is InChI=1S/C18H17BrN2O3/c1-18(2)10-24-15-9-11(7-8-14(15)21-17(18)23)20-16(22)12-5-3-4-6-13(12)19/h3-9H,10H2,1-2H3,(H,20,22)(H,21,23). The Kier molecular flexibility index (Phi) is 4.32. The Labute approximate surface area is 148 Å². The fourth-order valence-corrected chi connectivity index (χ4v) is 2.75. The molecule has 0 atom stereocenters. The van der Waals surface area contributed by atoms with Crippen molar-refractivity contribution < 1.29 is 14.3 Å². The summed E-state index contributed by atoms with van der Waals surface area (Å²) in [5.41, 5.74) is 1.13. The number of rotatable bonds is 2. The summed E-state index contributed by atoms with van der Waals surface area (Å²) in [5, 5.41) is 5.69. The molecule has 2 amide bonds. The lowest BCUT2D eigenvalue weighted by Gasteiger charge is -2.18. The Morgan fingerprint density at radius 1 is 1.25 bits per heavy atom. The third kappa shape index (κ3) is 3.28. The topological polar surface area (TPSA) is 67.4 Å². The molecule has 0 radical (unpaired) electrons. The molecule has 1 heterocycles. The van der Waals surface area contributed by atoms with Crippen LogP contribution < -0.4 is 15.4 Å². The fraction of sp³-hybridized carbons (Fsp3) is 0.222. The second-order valence-corrected chi connectivity index (χ2v) is 7.13. The molecule has 2 aromatic carbocycles. The third-order valence-corrected chi connectivity index (χ3v) is 4.50. The van der Waals surface area contributed by atoms with Crippen LogP contribution in [0, 0.1) is 5.41 Å². The van der Waals surface area contributed by atoms with Crippen LogP contribution in [0.4, 0.5) is 11.4 Å². The van der Waals surface area contributed by atoms with Gasteiger partial charge in [0, 0.05) is 16.2 Å². The van der Waals surface area contributed by atoms with Crippen molar-refractivity contribution in [1.29, 1.82) is 0 Å². The third-order valence-electron chi connectivity index (χ3n) is 3.81. The lowest BCUT2D eigenvalue weighted by atomic mass is 9.94. The second kappa shape index (κ2) is 6.28. The molecule has 0 spiro atoms. The van der Waals surface area contributed by atoms with E-state index in [4.69, 9.17) is 4.74 Å². The van der Waals surface area contributed by atoms with E-state index in [1.165, 1.54) is 0 Å². The lowest BCUT2D eigenvalue weighted by molar-refractivity contribution is -0.124. The summed E-state index contributed by atoms with van der Waals surface area (Å²) in [6.45, 7) is 3.92. The summed E-state index contributed by atoms with van der Waals surface area (Å²) < 4.78 is 6.47. The molecule has 5 nitrogen and oxygen atoms in total. The number of hydrogen-bond acceptors (Lipinski definition) is 3. The highest BCUT2D eigenvalue weighted by molar-refractivity contribution is 9.10. The van der Waals surface area contributed by atoms with Crippen molar-refractivity contribution in [2.75, 3.05) is 17.2 Å². The largest absolute Gasteiger partial charge is 0.490 e. The molecule has 0 saturated heterocycles. The predicted octanol–water partition coefficient (Wildman–Crippen LogP) is 4.06. The van der Waals surface area contributed by atoms with Crippen LogP contribution in [0.5, 0.6) is 5.75 Å². The number of benzene rings is 2. The summed E-state index contributed by atoms with van der Waals surface area (Å²) in [6.07, 6.45) is 0. The minimum absolute atomic E-state index is 0.0914. The zero-order valence-corrected chi connectivity index (χ0v) is 14.9. The van der Waals surface area contributed by atoms with Gasteiger partial charge in [-0.05, 0) is 54.0 Å². The molecule has 124 valence electrons. The monoisotopic (exact) mass is 388 g/mol. The molecule has 3 rings (SSSR count). The molecule has 6 heteroatoms. The van der Waals surface area contributed by atoms with Crippen LogP contribution in [-0.4, -0.2) is 18.4 Å². The minimum Gasteiger partial charge on any atom is -0.490 e. The van der Waals surface area contributed by atoms with E-state index in [1.807, 2.05) is 26.0 Å². The van der Waals surface area contributed by atoms with Crippen LogP contribution in [-0.2, 0) is 4.79 Å². The zero-order chi connectivity index (χ0) is 17.3. The summed E-state index contributed by atoms with van der Waals surface area (Å²) in [6, 6.07) is 12.4. The summed E-state index contributed by atoms with van der Waals surface area (Å²) in [4.78, 5) is 24.5. The maximum Gasteiger partial charge on any atom is 0.256 e. The Hall–Kier alpha value is -2.34. The number of anilines is 2. The van der Waals surface area contributed by atoms with Crippen molar-refractivity contribution in [2.24, 2.45) is 5.41 Å². The van der Waals surface area contributed by atoms with Gasteiger partial charge in [0.15, 0.2) is 0 Å². The van der Waals surface area contributed by atoms with Gasteiger partial charge in [0.2, 0.25) is 5.91 Å². The molecule has 0 aliphatic carbocycles. The average Bonchev–Trinajstić information content (AvgIpc) is 2.65. The van der Waals surface area contributed by atoms with E-state index >= 15 is 0 Å². The highest BCUT2D eigenvalue weighted by Gasteiger charge is 2.32. The number of carbonyl (C=O) groups excluding carboxylic acids is 2. The Morgan fingerprint density at radius 3 is 2.75 bits per heavy atom. The molecule has 24 heavy (non-hydrogen) atoms. The highest BCUT2D eigenvalue weighted by atomic mass is 79.9. The van der Waals surface area contributed by atoms with Crippen LogP contribution >= 0.6 is 15.9 Å². The van der Waals surface area contributed by atoms with Crippen molar-refractivity contribution in [3.8, 4) is 5.75 Å². The number of amides is 2. The van der Waals surface area contributed by atoms with E-state index in [0.29, 0.717) is 22.7 Å². The van der Waals surface area contributed by atoms with Crippen molar-refractivity contribution in [3.63, 3.8) is 0 Å². The minimum atomic E-state index is -0.614. The van der Waals surface area contributed by atoms with Crippen molar-refractivity contribution in [3.05, 3.63) is 52.5 Å². The van der Waals surface area contributed by atoms with E-state index in [2.05, 4.69) is 26.6 Å². The summed E-state index contributed by atoms with van der Waals surface area (Å²) in [5.74, 6) is 0.227. The van der Waals surface area contributed by atoms with E-state index in [0.717, 1.165) is 4.47 Å². The Bertz CT molecular complexity index is 818. The van der Waals surface area contributed by atoms with Gasteiger partial charge < -0.3 is 15.4 Å². The average molecular weight is 389 g/mol. The molecule has 2 aromatic rings. The van der Waals surface area contributed by atoms with Gasteiger partial charge in [0.25, 0.3) is 5.91 Å². The molecule has 2 N–H and O–H groups in total. The first-order valence-corrected chi connectivity index (χ1v) is 8.30. The van der Waals surface area contributed by atoms with E-state index in [1.54, 1.807) is 30.3 Å². The van der Waals surface area contributed by atoms with Gasteiger partial charge in [-0.2, -0.15) is 0 Å². The smallest absolute Gasteiger partial charge is 0.256 e. The molecule has 0 bridgehead atoms. The maximum atomic E-state index is 12.4. The zero-order valence-electron chi connectivity index (χ0n) is 13.4. The van der Waals surface area contributed by atoms with E-state index < -0.39 is 5.41 Å². The van der Waals surface area contributed by atoms with Crippen LogP contribution in [0.2, 0.25) is 0 Å². The normalized spacial score (nSPS) is 15.5. The van der Waals surface area contributed by atoms with E-state index in [-0.39, 0.29) is 18.4 Å². The van der Waals surface area contributed by atoms with Crippen LogP contribution in [0.25, 0.3) is 0 Å². The second-order valence-electron chi connectivity index (χ2n) is 6.27. The first-order chi connectivity index (χ1) is 11.4. The molecule has 0 unspecified atom stereocenters. The van der Waals surface area contributed by atoms with E-state index in [9.17, 15) is 9.59 Å². The first-order valence-electron chi connectivity index (χ1n) is 7.51. The van der Waals surface area contributed by atoms with Crippen LogP contribution in [0.3, 0.4) is 0 Å². The SMILES string of the molecule is CC1(C)COc2cc(NC(=O)c3ccccc3Br)ccc2NC1=O. The lowest BCUT2D eigenvalue weighted by Crippen LogP contribution is -2.33. The molecular weight excluding hydrogens is 372 g/mol. The number of ether oxygens (including phenoxy) is 1. The van der Waals surface area contributed by atoms with Crippen LogP contribution in [0.1, 0.15) is 24.2 Å². The van der Waals surface area contributed by atoms with Crippen molar-refractivity contribution in [1.82, 2.24) is 0 Å². The maximum absolute atomic E-state index is 12.4. The molecule has 0 saturated carbocycles. The number of carbonyl (C=O) groups is 2. The Balaban J connectivity index is 1.83. The number of fused-ring (bicyclic) bond motifs is 1. The highest BCUT2D eigenvalue weighted by Crippen LogP contribution is 2.34. The number of hydrogen-bond donors (Lipinski definition) is 2. The predicted molar refractivity (Wildman–Crippen MR) is 96.4 cm³/mol. The quantitative estimate of drug-likeness (QED) is 0.814. The Morgan fingerprint density at radius 2 is 2.00 bits per heavy atom. The number of nitrogens with one attached hydrogen (secondary N) is 2. The van der Waals surface area contributed by atoms with Gasteiger partial charge in [-0.15, -0.1) is 0 Å². The molecule has 1 aliphatic rings. The van der Waals surface area contributed by atoms with Gasteiger partial charge in [0.1, 0.15) is 12.4 Å². The number of halogens is 1. The first kappa shape index (κ1) is 16.5. The van der Waals surface area contributed by atoms with Gasteiger partial charge in [-0.3, -0.25) is 9.59 Å². The molecule has 0 aromatic heterocycles. The fourth-order valence-electron chi connectivity index (χ4n) is 2.28. The van der Waals surface area contributed by atoms with Crippen molar-refractivity contribution in [2.45, 2.75) is 13.8 Å². The van der Waals surface area contributed by atoms with Gasteiger partial charge in [0.05, 0.1) is 16.7 Å². The molecule has 1 aliphatic heterocycles. The molecule has 0 fully saturated rings. The summed E-state index contributed by atoms with van der Waals surface area (Å²) in [7, 11) is 0. The van der Waals surface area contributed by atoms with Gasteiger partial charge >= 0.3 is 0 Å². The molecular formula is C18H17BrN2O3. The summed E-state index contributed by atoms with van der Waals surface area (Å²) >= 11 is 3.37.